The Labute approximate surface area is 103 Å². The van der Waals surface area contributed by atoms with Gasteiger partial charge in [0.2, 0.25) is 0 Å². The molecule has 0 radical (unpaired) electrons. The molecule has 1 heterocycles. The van der Waals surface area contributed by atoms with E-state index in [0.29, 0.717) is 11.8 Å². The van der Waals surface area contributed by atoms with Crippen LogP contribution in [0.25, 0.3) is 0 Å². The largest absolute Gasteiger partial charge is 0.378 e. The monoisotopic (exact) mass is 268 g/mol. The number of hydrogen-bond donors (Lipinski definition) is 0. The van der Waals surface area contributed by atoms with Gasteiger partial charge in [0.15, 0.2) is 4.21 Å². The van der Waals surface area contributed by atoms with Crippen LogP contribution < -0.4 is 4.18 Å². The zero-order valence-electron chi connectivity index (χ0n) is 8.57. The van der Waals surface area contributed by atoms with Gasteiger partial charge in [-0.15, -0.1) is 11.3 Å². The van der Waals surface area contributed by atoms with Crippen molar-refractivity contribution >= 4 is 27.7 Å². The van der Waals surface area contributed by atoms with Crippen molar-refractivity contribution in [3.63, 3.8) is 0 Å². The molecule has 1 aromatic carbocycles. The first-order valence-corrected chi connectivity index (χ1v) is 6.94. The summed E-state index contributed by atoms with van der Waals surface area (Å²) >= 11 is 1.08. The van der Waals surface area contributed by atoms with Crippen LogP contribution in [0.5, 0.6) is 5.75 Å². The van der Waals surface area contributed by atoms with Crippen molar-refractivity contribution in [3.05, 3.63) is 47.3 Å². The molecule has 17 heavy (non-hydrogen) atoms. The minimum absolute atomic E-state index is 0.128. The van der Waals surface area contributed by atoms with Crippen molar-refractivity contribution in [1.82, 2.24) is 0 Å². The van der Waals surface area contributed by atoms with E-state index in [4.69, 9.17) is 4.18 Å². The molecule has 0 bridgehead atoms. The second-order valence-corrected chi connectivity index (χ2v) is 5.88. The van der Waals surface area contributed by atoms with E-state index in [1.807, 2.05) is 0 Å². The third kappa shape index (κ3) is 2.72. The van der Waals surface area contributed by atoms with Gasteiger partial charge in [0, 0.05) is 5.56 Å². The fourth-order valence-corrected chi connectivity index (χ4v) is 3.09. The van der Waals surface area contributed by atoms with Crippen LogP contribution in [-0.2, 0) is 10.1 Å². The van der Waals surface area contributed by atoms with Crippen LogP contribution in [0.2, 0.25) is 0 Å². The first kappa shape index (κ1) is 11.8. The highest BCUT2D eigenvalue weighted by Crippen LogP contribution is 2.22. The van der Waals surface area contributed by atoms with E-state index >= 15 is 0 Å². The molecule has 0 N–H and O–H groups in total. The topological polar surface area (TPSA) is 60.4 Å². The van der Waals surface area contributed by atoms with Crippen LogP contribution in [0.3, 0.4) is 0 Å². The molecule has 4 nitrogen and oxygen atoms in total. The molecule has 6 heteroatoms. The maximum Gasteiger partial charge on any atom is 0.348 e. The Morgan fingerprint density at radius 3 is 2.65 bits per heavy atom. The lowest BCUT2D eigenvalue weighted by Crippen LogP contribution is -2.07. The normalized spacial score (nSPS) is 11.1. The summed E-state index contributed by atoms with van der Waals surface area (Å²) in [5.74, 6) is 0.128. The fraction of sp³-hybridized carbons (Fsp3) is 0. The molecule has 1 aromatic heterocycles. The Kier molecular flexibility index (Phi) is 3.26. The van der Waals surface area contributed by atoms with Crippen molar-refractivity contribution in [2.45, 2.75) is 4.21 Å². The molecule has 0 aliphatic rings. The molecule has 0 spiro atoms. The van der Waals surface area contributed by atoms with Gasteiger partial charge in [-0.3, -0.25) is 4.79 Å². The Hall–Kier alpha value is -1.66. The number of carbonyl (C=O) groups excluding carboxylic acids is 1. The van der Waals surface area contributed by atoms with Crippen LogP contribution in [0.15, 0.2) is 46.0 Å². The van der Waals surface area contributed by atoms with Gasteiger partial charge in [0.05, 0.1) is 0 Å². The van der Waals surface area contributed by atoms with E-state index in [1.165, 1.54) is 18.2 Å². The molecule has 0 aliphatic heterocycles. The highest BCUT2D eigenvalue weighted by Gasteiger charge is 2.17. The zero-order chi connectivity index (χ0) is 12.3. The summed E-state index contributed by atoms with van der Waals surface area (Å²) in [6.45, 7) is 0. The molecule has 2 aromatic rings. The summed E-state index contributed by atoms with van der Waals surface area (Å²) in [4.78, 5) is 10.6. The second-order valence-electron chi connectivity index (χ2n) is 3.16. The summed E-state index contributed by atoms with van der Waals surface area (Å²) in [6.07, 6.45) is 0.630. The maximum absolute atomic E-state index is 11.8. The number of thiophene rings is 1. The van der Waals surface area contributed by atoms with Gasteiger partial charge in [-0.25, -0.2) is 0 Å². The van der Waals surface area contributed by atoms with E-state index in [1.54, 1.807) is 23.6 Å². The SMILES string of the molecule is O=Cc1cccc(OS(=O)(=O)c2cccs2)c1. The molecule has 0 aliphatic carbocycles. The number of hydrogen-bond acceptors (Lipinski definition) is 5. The fourth-order valence-electron chi connectivity index (χ4n) is 1.21. The minimum atomic E-state index is -3.79. The van der Waals surface area contributed by atoms with E-state index in [-0.39, 0.29) is 9.96 Å². The van der Waals surface area contributed by atoms with Crippen LogP contribution in [0.4, 0.5) is 0 Å². The van der Waals surface area contributed by atoms with Crippen molar-refractivity contribution in [1.29, 1.82) is 0 Å². The van der Waals surface area contributed by atoms with Gasteiger partial charge in [-0.05, 0) is 23.6 Å². The van der Waals surface area contributed by atoms with Gasteiger partial charge >= 0.3 is 10.1 Å². The Morgan fingerprint density at radius 2 is 2.00 bits per heavy atom. The Bertz CT molecular complexity index is 615. The summed E-state index contributed by atoms with van der Waals surface area (Å²) in [5, 5.41) is 1.65. The summed E-state index contributed by atoms with van der Waals surface area (Å²) in [5.41, 5.74) is 0.365. The number of benzene rings is 1. The molecule has 0 atom stereocenters. The molecular formula is C11H8O4S2. The quantitative estimate of drug-likeness (QED) is 0.630. The van der Waals surface area contributed by atoms with Crippen LogP contribution in [-0.4, -0.2) is 14.7 Å². The van der Waals surface area contributed by atoms with Gasteiger partial charge in [-0.1, -0.05) is 18.2 Å². The molecule has 88 valence electrons. The summed E-state index contributed by atoms with van der Waals surface area (Å²) < 4.78 is 28.6. The number of aldehydes is 1. The van der Waals surface area contributed by atoms with Crippen molar-refractivity contribution < 1.29 is 17.4 Å². The second kappa shape index (κ2) is 4.68. The van der Waals surface area contributed by atoms with Crippen LogP contribution >= 0.6 is 11.3 Å². The maximum atomic E-state index is 11.8. The molecule has 0 saturated heterocycles. The lowest BCUT2D eigenvalue weighted by Gasteiger charge is -2.04. The molecule has 0 fully saturated rings. The van der Waals surface area contributed by atoms with E-state index < -0.39 is 10.1 Å². The number of rotatable bonds is 4. The lowest BCUT2D eigenvalue weighted by molar-refractivity contribution is 0.112. The third-order valence-electron chi connectivity index (χ3n) is 1.94. The highest BCUT2D eigenvalue weighted by molar-refractivity contribution is 7.89. The minimum Gasteiger partial charge on any atom is -0.378 e. The Balaban J connectivity index is 2.29. The van der Waals surface area contributed by atoms with Crippen molar-refractivity contribution in [3.8, 4) is 5.75 Å². The number of carbonyl (C=O) groups is 1. The van der Waals surface area contributed by atoms with Crippen molar-refractivity contribution in [2.75, 3.05) is 0 Å². The molecular weight excluding hydrogens is 260 g/mol. The first-order valence-electron chi connectivity index (χ1n) is 4.65. The first-order chi connectivity index (χ1) is 8.12. The molecule has 0 amide bonds. The standard InChI is InChI=1S/C11H8O4S2/c12-8-9-3-1-4-10(7-9)15-17(13,14)11-5-2-6-16-11/h1-8H. The highest BCUT2D eigenvalue weighted by atomic mass is 32.3. The average Bonchev–Trinajstić information content (AvgIpc) is 2.83. The van der Waals surface area contributed by atoms with E-state index in [9.17, 15) is 13.2 Å². The van der Waals surface area contributed by atoms with Crippen LogP contribution in [0, 0.1) is 0 Å². The predicted octanol–water partition coefficient (Wildman–Crippen LogP) is 2.33. The average molecular weight is 268 g/mol. The van der Waals surface area contributed by atoms with Crippen LogP contribution in [0.1, 0.15) is 10.4 Å². The molecule has 0 saturated carbocycles. The van der Waals surface area contributed by atoms with Gasteiger partial charge in [0.1, 0.15) is 12.0 Å². The summed E-state index contributed by atoms with van der Waals surface area (Å²) in [6, 6.07) is 9.07. The van der Waals surface area contributed by atoms with E-state index in [0.717, 1.165) is 11.3 Å². The van der Waals surface area contributed by atoms with Gasteiger partial charge < -0.3 is 4.18 Å². The van der Waals surface area contributed by atoms with Gasteiger partial charge in [-0.2, -0.15) is 8.42 Å². The lowest BCUT2D eigenvalue weighted by atomic mass is 10.2. The smallest absolute Gasteiger partial charge is 0.348 e. The third-order valence-corrected chi connectivity index (χ3v) is 4.54. The summed E-state index contributed by atoms with van der Waals surface area (Å²) in [7, 11) is -3.79. The Morgan fingerprint density at radius 1 is 1.18 bits per heavy atom. The van der Waals surface area contributed by atoms with E-state index in [2.05, 4.69) is 0 Å². The predicted molar refractivity (Wildman–Crippen MR) is 64.0 cm³/mol. The van der Waals surface area contributed by atoms with Gasteiger partial charge in [0.25, 0.3) is 0 Å². The zero-order valence-corrected chi connectivity index (χ0v) is 10.2. The van der Waals surface area contributed by atoms with Crippen molar-refractivity contribution in [2.24, 2.45) is 0 Å². The molecule has 2 rings (SSSR count). The molecule has 0 unspecified atom stereocenters.